The van der Waals surface area contributed by atoms with Crippen molar-refractivity contribution in [2.75, 3.05) is 45.3 Å². The van der Waals surface area contributed by atoms with E-state index < -0.39 is 5.97 Å². The van der Waals surface area contributed by atoms with Gasteiger partial charge >= 0.3 is 5.97 Å². The largest absolute Gasteiger partial charge is 0.464 e. The van der Waals surface area contributed by atoms with Crippen LogP contribution in [0.1, 0.15) is 22.5 Å². The van der Waals surface area contributed by atoms with Crippen LogP contribution < -0.4 is 10.2 Å². The van der Waals surface area contributed by atoms with Gasteiger partial charge in [-0.3, -0.25) is 4.79 Å². The zero-order valence-corrected chi connectivity index (χ0v) is 14.6. The number of aromatic amines is 1. The molecule has 0 radical (unpaired) electrons. The van der Waals surface area contributed by atoms with Crippen LogP contribution in [0.4, 0.5) is 5.69 Å². The first-order valence-corrected chi connectivity index (χ1v) is 8.50. The molecule has 3 rings (SSSR count). The Balaban J connectivity index is 1.77. The van der Waals surface area contributed by atoms with Crippen LogP contribution >= 0.6 is 0 Å². The van der Waals surface area contributed by atoms with Gasteiger partial charge in [-0.2, -0.15) is 0 Å². The van der Waals surface area contributed by atoms with Gasteiger partial charge in [-0.15, -0.1) is 0 Å². The first-order valence-electron chi connectivity index (χ1n) is 8.50. The monoisotopic (exact) mass is 346 g/mol. The molecule has 0 aliphatic carbocycles. The summed E-state index contributed by atoms with van der Waals surface area (Å²) in [6, 6.07) is 5.79. The van der Waals surface area contributed by atoms with Crippen molar-refractivity contribution in [1.29, 1.82) is 0 Å². The number of ether oxygens (including phenoxy) is 2. The van der Waals surface area contributed by atoms with E-state index in [-0.39, 0.29) is 11.6 Å². The average Bonchev–Trinajstić information content (AvgIpc) is 2.98. The Morgan fingerprint density at radius 2 is 2.08 bits per heavy atom. The lowest BCUT2D eigenvalue weighted by molar-refractivity contribution is -0.907. The molecule has 3 N–H and O–H groups in total. The molecule has 1 aromatic carbocycles. The standard InChI is InChI=1S/C18H23N3O4/c1-12-3-4-14-13(11-12)16(17(19-14)18(23)24-2)20-15(22)5-6-21-7-9-25-10-8-21/h3-4,11,19H,5-10H2,1-2H3,(H,20,22)/p+1. The van der Waals surface area contributed by atoms with Gasteiger partial charge in [-0.25, -0.2) is 4.79 Å². The Morgan fingerprint density at radius 1 is 1.32 bits per heavy atom. The zero-order valence-electron chi connectivity index (χ0n) is 14.6. The van der Waals surface area contributed by atoms with Crippen LogP contribution in [0.15, 0.2) is 18.2 Å². The number of anilines is 1. The van der Waals surface area contributed by atoms with E-state index in [0.29, 0.717) is 12.1 Å². The van der Waals surface area contributed by atoms with Crippen molar-refractivity contribution < 1.29 is 24.0 Å². The molecule has 25 heavy (non-hydrogen) atoms. The number of fused-ring (bicyclic) bond motifs is 1. The number of aromatic nitrogens is 1. The van der Waals surface area contributed by atoms with Gasteiger partial charge in [-0.05, 0) is 19.1 Å². The third-order valence-corrected chi connectivity index (χ3v) is 4.51. The maximum atomic E-state index is 12.4. The van der Waals surface area contributed by atoms with E-state index in [9.17, 15) is 9.59 Å². The van der Waals surface area contributed by atoms with E-state index in [1.165, 1.54) is 12.0 Å². The van der Waals surface area contributed by atoms with Crippen LogP contribution in [0.3, 0.4) is 0 Å². The van der Waals surface area contributed by atoms with Crippen molar-refractivity contribution >= 4 is 28.5 Å². The second kappa shape index (κ2) is 7.67. The Labute approximate surface area is 146 Å². The van der Waals surface area contributed by atoms with Crippen LogP contribution in [0.25, 0.3) is 10.9 Å². The molecule has 7 nitrogen and oxygen atoms in total. The second-order valence-corrected chi connectivity index (χ2v) is 6.33. The molecule has 2 heterocycles. The van der Waals surface area contributed by atoms with E-state index >= 15 is 0 Å². The fourth-order valence-electron chi connectivity index (χ4n) is 3.09. The first-order chi connectivity index (χ1) is 12.1. The van der Waals surface area contributed by atoms with Crippen LogP contribution in [0, 0.1) is 6.92 Å². The number of benzene rings is 1. The molecule has 0 bridgehead atoms. The molecule has 1 aliphatic rings. The number of carbonyl (C=O) groups excluding carboxylic acids is 2. The number of morpholine rings is 1. The van der Waals surface area contributed by atoms with E-state index in [1.54, 1.807) is 0 Å². The molecule has 0 atom stereocenters. The van der Waals surface area contributed by atoms with E-state index in [1.807, 2.05) is 25.1 Å². The number of H-pyrrole nitrogens is 1. The summed E-state index contributed by atoms with van der Waals surface area (Å²) in [7, 11) is 1.33. The maximum absolute atomic E-state index is 12.4. The summed E-state index contributed by atoms with van der Waals surface area (Å²) in [6.45, 7) is 6.05. The molecule has 2 aromatic rings. The van der Waals surface area contributed by atoms with E-state index in [4.69, 9.17) is 9.47 Å². The topological polar surface area (TPSA) is 84.9 Å². The molecule has 1 aromatic heterocycles. The highest BCUT2D eigenvalue weighted by Gasteiger charge is 2.21. The van der Waals surface area contributed by atoms with Crippen LogP contribution in [0.2, 0.25) is 0 Å². The highest BCUT2D eigenvalue weighted by atomic mass is 16.5. The summed E-state index contributed by atoms with van der Waals surface area (Å²) in [5.74, 6) is -0.602. The lowest BCUT2D eigenvalue weighted by atomic mass is 10.1. The van der Waals surface area contributed by atoms with Crippen LogP contribution in [-0.4, -0.2) is 56.8 Å². The van der Waals surface area contributed by atoms with Crippen molar-refractivity contribution in [1.82, 2.24) is 4.98 Å². The fraction of sp³-hybridized carbons (Fsp3) is 0.444. The summed E-state index contributed by atoms with van der Waals surface area (Å²) in [5, 5.41) is 3.71. The molecular weight excluding hydrogens is 322 g/mol. The lowest BCUT2D eigenvalue weighted by Gasteiger charge is -2.23. The van der Waals surface area contributed by atoms with Crippen molar-refractivity contribution in [3.63, 3.8) is 0 Å². The van der Waals surface area contributed by atoms with Gasteiger partial charge in [0.05, 0.1) is 39.0 Å². The summed E-state index contributed by atoms with van der Waals surface area (Å²) in [4.78, 5) is 28.9. The normalized spacial score (nSPS) is 15.3. The molecule has 134 valence electrons. The minimum Gasteiger partial charge on any atom is -0.464 e. The number of esters is 1. The number of hydrogen-bond donors (Lipinski definition) is 3. The third kappa shape index (κ3) is 4.00. The van der Waals surface area contributed by atoms with Gasteiger partial charge in [0.2, 0.25) is 5.91 Å². The van der Waals surface area contributed by atoms with E-state index in [0.717, 1.165) is 49.3 Å². The van der Waals surface area contributed by atoms with Gasteiger partial charge in [-0.1, -0.05) is 11.6 Å². The molecule has 1 aliphatic heterocycles. The molecule has 0 spiro atoms. The van der Waals surface area contributed by atoms with Gasteiger partial charge in [0, 0.05) is 10.9 Å². The number of amides is 1. The summed E-state index contributed by atoms with van der Waals surface area (Å²) in [6.07, 6.45) is 0.397. The molecule has 0 unspecified atom stereocenters. The number of nitrogens with one attached hydrogen (secondary N) is 3. The molecule has 0 saturated carbocycles. The molecule has 1 amide bonds. The van der Waals surface area contributed by atoms with Crippen molar-refractivity contribution in [2.24, 2.45) is 0 Å². The number of carbonyl (C=O) groups is 2. The van der Waals surface area contributed by atoms with Gasteiger partial charge in [0.25, 0.3) is 0 Å². The van der Waals surface area contributed by atoms with Crippen LogP contribution in [0.5, 0.6) is 0 Å². The van der Waals surface area contributed by atoms with Gasteiger partial charge in [0.1, 0.15) is 18.8 Å². The van der Waals surface area contributed by atoms with Crippen molar-refractivity contribution in [3.8, 4) is 0 Å². The quantitative estimate of drug-likeness (QED) is 0.689. The number of hydrogen-bond acceptors (Lipinski definition) is 4. The predicted molar refractivity (Wildman–Crippen MR) is 94.0 cm³/mol. The Hall–Kier alpha value is -2.38. The lowest BCUT2D eigenvalue weighted by Crippen LogP contribution is -3.14. The molecule has 1 saturated heterocycles. The smallest absolute Gasteiger partial charge is 0.356 e. The number of quaternary nitrogens is 1. The number of rotatable bonds is 5. The SMILES string of the molecule is COC(=O)c1[nH]c2ccc(C)cc2c1NC(=O)CC[NH+]1CCOCC1. The highest BCUT2D eigenvalue weighted by Crippen LogP contribution is 2.29. The molecule has 1 fully saturated rings. The van der Waals surface area contributed by atoms with Crippen LogP contribution in [-0.2, 0) is 14.3 Å². The number of methoxy groups -OCH3 is 1. The summed E-state index contributed by atoms with van der Waals surface area (Å²) in [5.41, 5.74) is 2.61. The summed E-state index contributed by atoms with van der Waals surface area (Å²) >= 11 is 0. The minimum absolute atomic E-state index is 0.105. The predicted octanol–water partition coefficient (Wildman–Crippen LogP) is 0.507. The zero-order chi connectivity index (χ0) is 17.8. The Bertz CT molecular complexity index is 778. The van der Waals surface area contributed by atoms with Gasteiger partial charge in [0.15, 0.2) is 0 Å². The van der Waals surface area contributed by atoms with Gasteiger partial charge < -0.3 is 24.7 Å². The van der Waals surface area contributed by atoms with E-state index in [2.05, 4.69) is 10.3 Å². The van der Waals surface area contributed by atoms with Crippen molar-refractivity contribution in [3.05, 3.63) is 29.5 Å². The maximum Gasteiger partial charge on any atom is 0.356 e. The average molecular weight is 346 g/mol. The van der Waals surface area contributed by atoms with Crippen molar-refractivity contribution in [2.45, 2.75) is 13.3 Å². The third-order valence-electron chi connectivity index (χ3n) is 4.51. The molecule has 7 heteroatoms. The first kappa shape index (κ1) is 17.4. The highest BCUT2D eigenvalue weighted by molar-refractivity contribution is 6.11. The second-order valence-electron chi connectivity index (χ2n) is 6.33. The Kier molecular flexibility index (Phi) is 5.35. The minimum atomic E-state index is -0.497. The number of aryl methyl sites for hydroxylation is 1. The Morgan fingerprint density at radius 3 is 2.80 bits per heavy atom. The fourth-order valence-corrected chi connectivity index (χ4v) is 3.09. The molecular formula is C18H24N3O4+. The summed E-state index contributed by atoms with van der Waals surface area (Å²) < 4.78 is 10.2.